The number of methoxy groups -OCH3 is 1. The average Bonchev–Trinajstić information content (AvgIpc) is 2.44. The van der Waals surface area contributed by atoms with Gasteiger partial charge in [-0.15, -0.1) is 0 Å². The van der Waals surface area contributed by atoms with Crippen LogP contribution in [0.1, 0.15) is 5.56 Å². The van der Waals surface area contributed by atoms with Gasteiger partial charge in [-0.1, -0.05) is 6.07 Å². The number of aryl methyl sites for hydroxylation is 1. The van der Waals surface area contributed by atoms with Crippen molar-refractivity contribution in [3.63, 3.8) is 0 Å². The van der Waals surface area contributed by atoms with E-state index in [4.69, 9.17) is 4.74 Å². The molecule has 0 spiro atoms. The Labute approximate surface area is 129 Å². The first kappa shape index (κ1) is 15.7. The van der Waals surface area contributed by atoms with Crippen LogP contribution in [0.15, 0.2) is 39.6 Å². The summed E-state index contributed by atoms with van der Waals surface area (Å²) in [5, 5.41) is 0. The minimum Gasteiger partial charge on any atom is -0.497 e. The number of halogens is 3. The summed E-state index contributed by atoms with van der Waals surface area (Å²) in [6.07, 6.45) is -2.60. The maximum atomic E-state index is 12.8. The molecular weight excluding hydrogens is 344 g/mol. The van der Waals surface area contributed by atoms with Crippen molar-refractivity contribution < 1.29 is 13.5 Å². The van der Waals surface area contributed by atoms with Crippen LogP contribution in [-0.4, -0.2) is 18.1 Å². The first-order chi connectivity index (χ1) is 9.93. The lowest BCUT2D eigenvalue weighted by Crippen LogP contribution is -2.26. The standard InChI is InChI=1S/C15H14BrF2NO2/c1-9-3-6-13(19(15(9)20)8-14(17)18)11-5-4-10(21-2)7-12(11)16/h3-7,14H,8H2,1-2H3. The van der Waals surface area contributed by atoms with Crippen molar-refractivity contribution in [2.75, 3.05) is 7.11 Å². The molecule has 2 rings (SSSR count). The maximum absolute atomic E-state index is 12.8. The van der Waals surface area contributed by atoms with Gasteiger partial charge in [-0.05, 0) is 47.1 Å². The molecule has 0 unspecified atom stereocenters. The fraction of sp³-hybridized carbons (Fsp3) is 0.267. The third-order valence-corrected chi connectivity index (χ3v) is 3.79. The largest absolute Gasteiger partial charge is 0.497 e. The third-order valence-electron chi connectivity index (χ3n) is 3.14. The third kappa shape index (κ3) is 3.32. The van der Waals surface area contributed by atoms with Crippen LogP contribution in [0.25, 0.3) is 11.3 Å². The highest BCUT2D eigenvalue weighted by molar-refractivity contribution is 9.10. The van der Waals surface area contributed by atoms with Gasteiger partial charge < -0.3 is 9.30 Å². The zero-order chi connectivity index (χ0) is 15.6. The summed E-state index contributed by atoms with van der Waals surface area (Å²) in [6, 6.07) is 8.49. The zero-order valence-electron chi connectivity index (χ0n) is 11.6. The second kappa shape index (κ2) is 6.39. The predicted octanol–water partition coefficient (Wildman–Crippen LogP) is 3.86. The van der Waals surface area contributed by atoms with Crippen molar-refractivity contribution in [1.82, 2.24) is 4.57 Å². The van der Waals surface area contributed by atoms with Gasteiger partial charge in [0, 0.05) is 15.6 Å². The Kier molecular flexibility index (Phi) is 4.77. The second-order valence-electron chi connectivity index (χ2n) is 4.55. The van der Waals surface area contributed by atoms with E-state index in [0.717, 1.165) is 4.57 Å². The number of alkyl halides is 2. The van der Waals surface area contributed by atoms with Crippen LogP contribution < -0.4 is 10.3 Å². The molecule has 0 fully saturated rings. The summed E-state index contributed by atoms with van der Waals surface area (Å²) in [5.74, 6) is 0.639. The highest BCUT2D eigenvalue weighted by Crippen LogP contribution is 2.31. The molecule has 3 nitrogen and oxygen atoms in total. The number of pyridine rings is 1. The minimum absolute atomic E-state index is 0.407. The number of hydrogen-bond acceptors (Lipinski definition) is 2. The normalized spacial score (nSPS) is 11.0. The summed E-state index contributed by atoms with van der Waals surface area (Å²) in [7, 11) is 1.54. The molecule has 0 amide bonds. The van der Waals surface area contributed by atoms with E-state index in [-0.39, 0.29) is 0 Å². The van der Waals surface area contributed by atoms with Crippen molar-refractivity contribution in [3.8, 4) is 17.0 Å². The number of aromatic nitrogens is 1. The molecule has 112 valence electrons. The van der Waals surface area contributed by atoms with Crippen molar-refractivity contribution in [2.24, 2.45) is 0 Å². The fourth-order valence-electron chi connectivity index (χ4n) is 2.07. The van der Waals surface area contributed by atoms with E-state index in [2.05, 4.69) is 15.9 Å². The molecule has 0 saturated heterocycles. The molecule has 0 atom stereocenters. The molecule has 6 heteroatoms. The van der Waals surface area contributed by atoms with Crippen molar-refractivity contribution in [3.05, 3.63) is 50.7 Å². The summed E-state index contributed by atoms with van der Waals surface area (Å²) >= 11 is 3.39. The smallest absolute Gasteiger partial charge is 0.256 e. The molecule has 2 aromatic rings. The molecule has 0 saturated carbocycles. The number of hydrogen-bond donors (Lipinski definition) is 0. The summed E-state index contributed by atoms with van der Waals surface area (Å²) < 4.78 is 32.4. The van der Waals surface area contributed by atoms with Gasteiger partial charge >= 0.3 is 0 Å². The van der Waals surface area contributed by atoms with E-state index in [1.807, 2.05) is 0 Å². The van der Waals surface area contributed by atoms with Gasteiger partial charge in [-0.2, -0.15) is 0 Å². The number of rotatable bonds is 4. The monoisotopic (exact) mass is 357 g/mol. The molecule has 0 aliphatic heterocycles. The van der Waals surface area contributed by atoms with Crippen molar-refractivity contribution in [1.29, 1.82) is 0 Å². The summed E-state index contributed by atoms with van der Waals surface area (Å²) in [4.78, 5) is 12.1. The van der Waals surface area contributed by atoms with Crippen LogP contribution in [0.2, 0.25) is 0 Å². The SMILES string of the molecule is COc1ccc(-c2ccc(C)c(=O)n2CC(F)F)c(Br)c1. The first-order valence-electron chi connectivity index (χ1n) is 6.26. The Bertz CT molecular complexity index is 713. The van der Waals surface area contributed by atoms with E-state index in [1.54, 1.807) is 44.4 Å². The van der Waals surface area contributed by atoms with Crippen LogP contribution >= 0.6 is 15.9 Å². The van der Waals surface area contributed by atoms with Crippen molar-refractivity contribution in [2.45, 2.75) is 19.9 Å². The first-order valence-corrected chi connectivity index (χ1v) is 7.06. The lowest BCUT2D eigenvalue weighted by atomic mass is 10.1. The van der Waals surface area contributed by atoms with Gasteiger partial charge in [-0.25, -0.2) is 8.78 Å². The molecular formula is C15H14BrF2NO2. The fourth-order valence-corrected chi connectivity index (χ4v) is 2.63. The number of benzene rings is 1. The minimum atomic E-state index is -2.60. The Morgan fingerprint density at radius 2 is 2.00 bits per heavy atom. The summed E-state index contributed by atoms with van der Waals surface area (Å²) in [5.41, 5.74) is 1.13. The lowest BCUT2D eigenvalue weighted by molar-refractivity contribution is 0.126. The molecule has 1 aromatic heterocycles. The topological polar surface area (TPSA) is 31.2 Å². The number of ether oxygens (including phenoxy) is 1. The maximum Gasteiger partial charge on any atom is 0.256 e. The van der Waals surface area contributed by atoms with Crippen LogP contribution in [0, 0.1) is 6.92 Å². The van der Waals surface area contributed by atoms with E-state index < -0.39 is 18.5 Å². The van der Waals surface area contributed by atoms with Gasteiger partial charge in [0.15, 0.2) is 0 Å². The molecule has 0 aliphatic carbocycles. The van der Waals surface area contributed by atoms with Gasteiger partial charge in [-0.3, -0.25) is 4.79 Å². The van der Waals surface area contributed by atoms with E-state index in [1.165, 1.54) is 0 Å². The average molecular weight is 358 g/mol. The van der Waals surface area contributed by atoms with Gasteiger partial charge in [0.25, 0.3) is 12.0 Å². The van der Waals surface area contributed by atoms with Crippen molar-refractivity contribution >= 4 is 15.9 Å². The van der Waals surface area contributed by atoms with Gasteiger partial charge in [0.2, 0.25) is 0 Å². The Hall–Kier alpha value is -1.69. The number of nitrogens with zero attached hydrogens (tertiary/aromatic N) is 1. The van der Waals surface area contributed by atoms with Crippen LogP contribution in [0.5, 0.6) is 5.75 Å². The van der Waals surface area contributed by atoms with Crippen LogP contribution in [0.3, 0.4) is 0 Å². The van der Waals surface area contributed by atoms with Gasteiger partial charge in [0.05, 0.1) is 19.3 Å². The molecule has 21 heavy (non-hydrogen) atoms. The predicted molar refractivity (Wildman–Crippen MR) is 81.1 cm³/mol. The molecule has 0 bridgehead atoms. The Balaban J connectivity index is 2.63. The summed E-state index contributed by atoms with van der Waals surface area (Å²) in [6.45, 7) is 0.978. The molecule has 0 N–H and O–H groups in total. The van der Waals surface area contributed by atoms with E-state index >= 15 is 0 Å². The highest BCUT2D eigenvalue weighted by Gasteiger charge is 2.15. The quantitative estimate of drug-likeness (QED) is 0.831. The zero-order valence-corrected chi connectivity index (χ0v) is 13.2. The van der Waals surface area contributed by atoms with Crippen LogP contribution in [0.4, 0.5) is 8.78 Å². The Morgan fingerprint density at radius 3 is 2.57 bits per heavy atom. The Morgan fingerprint density at radius 1 is 1.29 bits per heavy atom. The van der Waals surface area contributed by atoms with Crippen LogP contribution in [-0.2, 0) is 6.54 Å². The van der Waals surface area contributed by atoms with E-state index in [9.17, 15) is 13.6 Å². The molecule has 0 radical (unpaired) electrons. The molecule has 1 heterocycles. The van der Waals surface area contributed by atoms with E-state index in [0.29, 0.717) is 27.0 Å². The van der Waals surface area contributed by atoms with Gasteiger partial charge in [0.1, 0.15) is 5.75 Å². The second-order valence-corrected chi connectivity index (χ2v) is 5.41. The molecule has 0 aliphatic rings. The lowest BCUT2D eigenvalue weighted by Gasteiger charge is -2.15. The highest BCUT2D eigenvalue weighted by atomic mass is 79.9. The molecule has 1 aromatic carbocycles.